The Morgan fingerprint density at radius 2 is 1.65 bits per heavy atom. The molecule has 0 fully saturated rings. The number of ether oxygens (including phenoxy) is 5. The van der Waals surface area contributed by atoms with Gasteiger partial charge >= 0.3 is 0 Å². The van der Waals surface area contributed by atoms with Crippen LogP contribution in [-0.4, -0.2) is 51.4 Å². The van der Waals surface area contributed by atoms with Crippen LogP contribution in [0.15, 0.2) is 54.6 Å². The Labute approximate surface area is 234 Å². The molecule has 40 heavy (non-hydrogen) atoms. The van der Waals surface area contributed by atoms with Gasteiger partial charge in [-0.05, 0) is 82.1 Å². The number of aryl methyl sites for hydroxylation is 1. The summed E-state index contributed by atoms with van der Waals surface area (Å²) in [7, 11) is 0. The van der Waals surface area contributed by atoms with Gasteiger partial charge in [-0.25, -0.2) is 0 Å². The van der Waals surface area contributed by atoms with E-state index in [0.717, 1.165) is 11.3 Å². The molecule has 0 atom stereocenters. The third-order valence-corrected chi connectivity index (χ3v) is 6.12. The maximum atomic E-state index is 13.3. The van der Waals surface area contributed by atoms with E-state index in [1.54, 1.807) is 35.2 Å². The number of hydrogen-bond acceptors (Lipinski definition) is 7. The lowest BCUT2D eigenvalue weighted by Crippen LogP contribution is -2.39. The van der Waals surface area contributed by atoms with Gasteiger partial charge in [0.15, 0.2) is 18.1 Å². The van der Waals surface area contributed by atoms with Gasteiger partial charge in [-0.15, -0.1) is 0 Å². The molecule has 3 aromatic rings. The number of anilines is 2. The second-order valence-corrected chi connectivity index (χ2v) is 9.09. The lowest BCUT2D eigenvalue weighted by molar-refractivity contribution is -0.121. The minimum atomic E-state index is -0.355. The van der Waals surface area contributed by atoms with Gasteiger partial charge in [0.25, 0.3) is 11.8 Å². The van der Waals surface area contributed by atoms with Gasteiger partial charge in [0.2, 0.25) is 5.75 Å². The van der Waals surface area contributed by atoms with Crippen LogP contribution in [0.3, 0.4) is 0 Å². The van der Waals surface area contributed by atoms with Crippen molar-refractivity contribution in [2.75, 3.05) is 49.8 Å². The van der Waals surface area contributed by atoms with Gasteiger partial charge in [-0.2, -0.15) is 0 Å². The molecule has 0 bridgehead atoms. The number of nitrogens with one attached hydrogen (secondary N) is 1. The van der Waals surface area contributed by atoms with Gasteiger partial charge in [0.1, 0.15) is 11.5 Å². The number of rotatable bonds is 13. The van der Waals surface area contributed by atoms with Crippen LogP contribution in [0.4, 0.5) is 11.4 Å². The molecule has 0 spiro atoms. The Kier molecular flexibility index (Phi) is 9.72. The van der Waals surface area contributed by atoms with E-state index in [2.05, 4.69) is 5.32 Å². The molecule has 1 aliphatic heterocycles. The van der Waals surface area contributed by atoms with Gasteiger partial charge < -0.3 is 33.9 Å². The highest BCUT2D eigenvalue weighted by Gasteiger charge is 2.26. The molecular formula is C31H36N2O7. The van der Waals surface area contributed by atoms with Crippen molar-refractivity contribution in [2.24, 2.45) is 0 Å². The van der Waals surface area contributed by atoms with Crippen LogP contribution in [0, 0.1) is 6.92 Å². The van der Waals surface area contributed by atoms with E-state index in [-0.39, 0.29) is 18.4 Å². The molecule has 212 valence electrons. The molecule has 0 saturated carbocycles. The zero-order chi connectivity index (χ0) is 28.5. The molecule has 1 aliphatic rings. The normalized spacial score (nSPS) is 12.3. The van der Waals surface area contributed by atoms with Crippen molar-refractivity contribution >= 4 is 23.2 Å². The van der Waals surface area contributed by atoms with Gasteiger partial charge in [0, 0.05) is 17.8 Å². The summed E-state index contributed by atoms with van der Waals surface area (Å²) in [5, 5.41) is 2.92. The monoisotopic (exact) mass is 548 g/mol. The number of carbonyl (C=O) groups is 2. The minimum Gasteiger partial charge on any atom is -0.494 e. The third kappa shape index (κ3) is 6.97. The van der Waals surface area contributed by atoms with Crippen LogP contribution in [0.25, 0.3) is 0 Å². The lowest BCUT2D eigenvalue weighted by Gasteiger charge is -2.30. The molecule has 0 radical (unpaired) electrons. The van der Waals surface area contributed by atoms with Crippen LogP contribution < -0.4 is 33.9 Å². The first-order chi connectivity index (χ1) is 19.4. The maximum Gasteiger partial charge on any atom is 0.265 e. The predicted octanol–water partition coefficient (Wildman–Crippen LogP) is 5.64. The molecule has 0 unspecified atom stereocenters. The van der Waals surface area contributed by atoms with E-state index in [9.17, 15) is 9.59 Å². The van der Waals surface area contributed by atoms with E-state index in [4.69, 9.17) is 23.7 Å². The summed E-state index contributed by atoms with van der Waals surface area (Å²) in [6.45, 7) is 9.71. The number of carbonyl (C=O) groups excluding carboxylic acids is 2. The highest BCUT2D eigenvalue weighted by atomic mass is 16.5. The molecule has 0 saturated heterocycles. The van der Waals surface area contributed by atoms with Crippen molar-refractivity contribution in [3.63, 3.8) is 0 Å². The van der Waals surface area contributed by atoms with Crippen LogP contribution in [-0.2, 0) is 4.79 Å². The fourth-order valence-corrected chi connectivity index (χ4v) is 4.37. The van der Waals surface area contributed by atoms with Crippen molar-refractivity contribution in [1.29, 1.82) is 0 Å². The van der Waals surface area contributed by atoms with Crippen molar-refractivity contribution in [1.82, 2.24) is 0 Å². The average Bonchev–Trinajstić information content (AvgIpc) is 2.94. The number of benzene rings is 3. The smallest absolute Gasteiger partial charge is 0.265 e. The highest BCUT2D eigenvalue weighted by molar-refractivity contribution is 6.06. The molecule has 9 heteroatoms. The number of amides is 2. The Morgan fingerprint density at radius 3 is 2.33 bits per heavy atom. The highest BCUT2D eigenvalue weighted by Crippen LogP contribution is 2.40. The molecule has 3 aromatic carbocycles. The molecule has 0 aromatic heterocycles. The fraction of sp³-hybridized carbons (Fsp3) is 0.355. The van der Waals surface area contributed by atoms with E-state index in [1.807, 2.05) is 52.0 Å². The SMILES string of the molecule is CCOc1cc(C(=O)Nc2ccc3c(c2)N(CCCOc2cccc(C)c2)C(=O)CO3)cc(OCC)c1OCC. The first kappa shape index (κ1) is 28.6. The van der Waals surface area contributed by atoms with Crippen molar-refractivity contribution < 1.29 is 33.3 Å². The summed E-state index contributed by atoms with van der Waals surface area (Å²) in [6, 6.07) is 16.4. The van der Waals surface area contributed by atoms with E-state index in [0.29, 0.717) is 79.3 Å². The first-order valence-electron chi connectivity index (χ1n) is 13.6. The Balaban J connectivity index is 1.49. The standard InChI is InChI=1S/C31H36N2O7/c1-5-36-27-17-22(18-28(37-6-2)30(27)38-7-3)31(35)32-23-12-13-26-25(19-23)33(29(34)20-40-26)14-9-15-39-24-11-8-10-21(4)16-24/h8,10-13,16-19H,5-7,9,14-15,20H2,1-4H3,(H,32,35). The fourth-order valence-electron chi connectivity index (χ4n) is 4.37. The topological polar surface area (TPSA) is 95.6 Å². The quantitative estimate of drug-likeness (QED) is 0.276. The predicted molar refractivity (Wildman–Crippen MR) is 153 cm³/mol. The van der Waals surface area contributed by atoms with Crippen LogP contribution >= 0.6 is 0 Å². The second-order valence-electron chi connectivity index (χ2n) is 9.09. The Bertz CT molecular complexity index is 1310. The Hall–Kier alpha value is -4.40. The number of fused-ring (bicyclic) bond motifs is 1. The van der Waals surface area contributed by atoms with Crippen LogP contribution in [0.2, 0.25) is 0 Å². The van der Waals surface area contributed by atoms with Crippen LogP contribution in [0.1, 0.15) is 43.1 Å². The van der Waals surface area contributed by atoms with Gasteiger partial charge in [-0.3, -0.25) is 9.59 Å². The van der Waals surface area contributed by atoms with Gasteiger partial charge in [-0.1, -0.05) is 12.1 Å². The summed E-state index contributed by atoms with van der Waals surface area (Å²) in [6.07, 6.45) is 0.627. The van der Waals surface area contributed by atoms with Crippen LogP contribution in [0.5, 0.6) is 28.7 Å². The zero-order valence-electron chi connectivity index (χ0n) is 23.5. The molecule has 2 amide bonds. The number of hydrogen-bond donors (Lipinski definition) is 1. The summed E-state index contributed by atoms with van der Waals surface area (Å²) < 4.78 is 28.7. The zero-order valence-corrected chi connectivity index (χ0v) is 23.5. The summed E-state index contributed by atoms with van der Waals surface area (Å²) in [5.41, 5.74) is 2.59. The maximum absolute atomic E-state index is 13.3. The molecule has 0 aliphatic carbocycles. The summed E-state index contributed by atoms with van der Waals surface area (Å²) in [5.74, 6) is 2.21. The van der Waals surface area contributed by atoms with Crippen molar-refractivity contribution in [3.8, 4) is 28.7 Å². The number of nitrogens with zero attached hydrogens (tertiary/aromatic N) is 1. The first-order valence-corrected chi connectivity index (χ1v) is 13.6. The lowest BCUT2D eigenvalue weighted by atomic mass is 10.1. The Morgan fingerprint density at radius 1 is 0.925 bits per heavy atom. The van der Waals surface area contributed by atoms with Crippen molar-refractivity contribution in [3.05, 3.63) is 65.7 Å². The molecule has 1 heterocycles. The molecular weight excluding hydrogens is 512 g/mol. The largest absolute Gasteiger partial charge is 0.494 e. The third-order valence-electron chi connectivity index (χ3n) is 6.12. The van der Waals surface area contributed by atoms with Gasteiger partial charge in [0.05, 0.1) is 32.1 Å². The van der Waals surface area contributed by atoms with E-state index >= 15 is 0 Å². The molecule has 1 N–H and O–H groups in total. The molecule has 4 rings (SSSR count). The van der Waals surface area contributed by atoms with Crippen molar-refractivity contribution in [2.45, 2.75) is 34.1 Å². The molecule has 9 nitrogen and oxygen atoms in total. The van der Waals surface area contributed by atoms with E-state index < -0.39 is 0 Å². The average molecular weight is 549 g/mol. The summed E-state index contributed by atoms with van der Waals surface area (Å²) in [4.78, 5) is 27.7. The second kappa shape index (κ2) is 13.6. The summed E-state index contributed by atoms with van der Waals surface area (Å²) >= 11 is 0. The van der Waals surface area contributed by atoms with E-state index in [1.165, 1.54) is 0 Å². The minimum absolute atomic E-state index is 0.0377.